The Bertz CT molecular complexity index is 1670. The van der Waals surface area contributed by atoms with E-state index < -0.39 is 5.97 Å². The molecule has 1 unspecified atom stereocenters. The number of aryl methyl sites for hydroxylation is 1. The highest BCUT2D eigenvalue weighted by Crippen LogP contribution is 2.63. The van der Waals surface area contributed by atoms with Crippen molar-refractivity contribution >= 4 is 22.7 Å². The first-order chi connectivity index (χ1) is 18.4. The van der Waals surface area contributed by atoms with Crippen LogP contribution in [0.2, 0.25) is 0 Å². The van der Waals surface area contributed by atoms with Gasteiger partial charge in [-0.25, -0.2) is 9.59 Å². The maximum absolute atomic E-state index is 13.3. The van der Waals surface area contributed by atoms with Crippen molar-refractivity contribution in [3.05, 3.63) is 112 Å². The molecule has 4 heteroatoms. The van der Waals surface area contributed by atoms with Gasteiger partial charge < -0.3 is 9.47 Å². The van der Waals surface area contributed by atoms with E-state index in [9.17, 15) is 9.59 Å². The number of hydrogen-bond acceptors (Lipinski definition) is 4. The number of methoxy groups -OCH3 is 1. The molecule has 2 aliphatic rings. The summed E-state index contributed by atoms with van der Waals surface area (Å²) >= 11 is 0. The van der Waals surface area contributed by atoms with Crippen LogP contribution >= 0.6 is 0 Å². The Morgan fingerprint density at radius 2 is 1.18 bits per heavy atom. The summed E-state index contributed by atoms with van der Waals surface area (Å²) < 4.78 is 10.8. The van der Waals surface area contributed by atoms with Gasteiger partial charge in [0, 0.05) is 5.41 Å². The van der Waals surface area contributed by atoms with E-state index in [1.54, 1.807) is 24.3 Å². The molecular weight excluding hydrogens is 484 g/mol. The van der Waals surface area contributed by atoms with Crippen LogP contribution in [0.3, 0.4) is 0 Å². The molecule has 198 valence electrons. The van der Waals surface area contributed by atoms with Crippen molar-refractivity contribution < 1.29 is 19.1 Å². The molecule has 0 amide bonds. The number of rotatable bonds is 3. The van der Waals surface area contributed by atoms with Gasteiger partial charge in [-0.15, -0.1) is 0 Å². The fraction of sp³-hybridized carbons (Fsp3) is 0.314. The zero-order chi connectivity index (χ0) is 27.7. The molecule has 0 saturated carbocycles. The average Bonchev–Trinajstić information content (AvgIpc) is 3.26. The standard InChI is InChI=1S/C35H34O4/c1-21-7-13-27-29(15-21)35(19-33(27,2)3)20-34(4,5)28-14-12-26(18-30(28)35)39-32(37)25-11-9-22-16-24(31(36)38-6)10-8-23(22)17-25/h7-18H,19-20H2,1-6H3. The summed E-state index contributed by atoms with van der Waals surface area (Å²) in [7, 11) is 1.36. The second kappa shape index (κ2) is 8.54. The summed E-state index contributed by atoms with van der Waals surface area (Å²) in [5.74, 6) is -0.222. The fourth-order valence-electron chi connectivity index (χ4n) is 7.29. The van der Waals surface area contributed by atoms with Crippen molar-refractivity contribution in [1.82, 2.24) is 0 Å². The molecule has 0 bridgehead atoms. The van der Waals surface area contributed by atoms with Crippen LogP contribution in [-0.4, -0.2) is 19.0 Å². The third-order valence-corrected chi connectivity index (χ3v) is 8.85. The lowest BCUT2D eigenvalue weighted by molar-refractivity contribution is 0.0600. The predicted octanol–water partition coefficient (Wildman–Crippen LogP) is 7.80. The smallest absolute Gasteiger partial charge is 0.343 e. The largest absolute Gasteiger partial charge is 0.465 e. The molecule has 0 aromatic heterocycles. The number of carbonyl (C=O) groups excluding carboxylic acids is 2. The van der Waals surface area contributed by atoms with Crippen molar-refractivity contribution in [3.8, 4) is 5.75 Å². The third-order valence-electron chi connectivity index (χ3n) is 8.85. The minimum atomic E-state index is -0.400. The van der Waals surface area contributed by atoms with E-state index in [4.69, 9.17) is 9.47 Å². The van der Waals surface area contributed by atoms with Crippen molar-refractivity contribution in [2.24, 2.45) is 0 Å². The lowest BCUT2D eigenvalue weighted by Gasteiger charge is -2.30. The Morgan fingerprint density at radius 3 is 1.77 bits per heavy atom. The molecule has 0 heterocycles. The van der Waals surface area contributed by atoms with E-state index in [1.165, 1.54) is 34.9 Å². The van der Waals surface area contributed by atoms with E-state index in [0.717, 1.165) is 23.6 Å². The molecule has 0 saturated heterocycles. The first-order valence-corrected chi connectivity index (χ1v) is 13.5. The van der Waals surface area contributed by atoms with Crippen molar-refractivity contribution in [2.45, 2.75) is 63.7 Å². The van der Waals surface area contributed by atoms with Crippen LogP contribution in [-0.2, 0) is 21.0 Å². The number of ether oxygens (including phenoxy) is 2. The van der Waals surface area contributed by atoms with Gasteiger partial charge in [0.2, 0.25) is 0 Å². The highest BCUT2D eigenvalue weighted by atomic mass is 16.5. The summed E-state index contributed by atoms with van der Waals surface area (Å²) in [5.41, 5.74) is 7.64. The van der Waals surface area contributed by atoms with E-state index in [1.807, 2.05) is 18.2 Å². The van der Waals surface area contributed by atoms with Gasteiger partial charge in [0.1, 0.15) is 5.75 Å². The SMILES string of the molecule is COC(=O)c1ccc2cc(C(=O)Oc3ccc4c(c3)C3(CC(C)(C)c5ccc(C)cc53)CC4(C)C)ccc2c1. The second-order valence-electron chi connectivity index (χ2n) is 12.6. The van der Waals surface area contributed by atoms with Crippen molar-refractivity contribution in [3.63, 3.8) is 0 Å². The van der Waals surface area contributed by atoms with Crippen molar-refractivity contribution in [2.75, 3.05) is 7.11 Å². The van der Waals surface area contributed by atoms with Gasteiger partial charge in [0.15, 0.2) is 0 Å². The maximum Gasteiger partial charge on any atom is 0.343 e. The van der Waals surface area contributed by atoms with E-state index in [0.29, 0.717) is 16.9 Å². The molecule has 6 rings (SSSR count). The highest BCUT2D eigenvalue weighted by Gasteiger charge is 2.56. The minimum absolute atomic E-state index is 0.0146. The summed E-state index contributed by atoms with van der Waals surface area (Å²) in [5, 5.41) is 1.71. The summed E-state index contributed by atoms with van der Waals surface area (Å²) in [4.78, 5) is 25.1. The molecule has 4 aromatic rings. The van der Waals surface area contributed by atoms with Gasteiger partial charge in [0.25, 0.3) is 0 Å². The molecule has 0 fully saturated rings. The molecule has 0 radical (unpaired) electrons. The molecule has 39 heavy (non-hydrogen) atoms. The van der Waals surface area contributed by atoms with Gasteiger partial charge >= 0.3 is 11.9 Å². The van der Waals surface area contributed by atoms with Crippen LogP contribution in [0, 0.1) is 6.92 Å². The Hall–Kier alpha value is -3.92. The molecule has 1 atom stereocenters. The summed E-state index contributed by atoms with van der Waals surface area (Å²) in [6.45, 7) is 11.5. The Balaban J connectivity index is 1.36. The lowest BCUT2D eigenvalue weighted by atomic mass is 9.72. The van der Waals surface area contributed by atoms with Gasteiger partial charge in [0.05, 0.1) is 18.2 Å². The van der Waals surface area contributed by atoms with Crippen LogP contribution in [0.15, 0.2) is 72.8 Å². The lowest BCUT2D eigenvalue weighted by Crippen LogP contribution is -2.27. The van der Waals surface area contributed by atoms with Crippen molar-refractivity contribution in [1.29, 1.82) is 0 Å². The second-order valence-corrected chi connectivity index (χ2v) is 12.6. The normalized spacial score (nSPS) is 20.1. The monoisotopic (exact) mass is 518 g/mol. The Kier molecular flexibility index (Phi) is 5.55. The number of carbonyl (C=O) groups is 2. The quantitative estimate of drug-likeness (QED) is 0.205. The zero-order valence-electron chi connectivity index (χ0n) is 23.5. The molecule has 0 aliphatic heterocycles. The van der Waals surface area contributed by atoms with Crippen LogP contribution in [0.1, 0.15) is 89.1 Å². The number of benzene rings is 4. The average molecular weight is 519 g/mol. The van der Waals surface area contributed by atoms with Gasteiger partial charge in [-0.05, 0) is 100 Å². The summed E-state index contributed by atoms with van der Waals surface area (Å²) in [6.07, 6.45) is 2.07. The first-order valence-electron chi connectivity index (χ1n) is 13.5. The number of esters is 2. The fourth-order valence-corrected chi connectivity index (χ4v) is 7.29. The van der Waals surface area contributed by atoms with Gasteiger partial charge in [-0.3, -0.25) is 0 Å². The van der Waals surface area contributed by atoms with Gasteiger partial charge in [-0.1, -0.05) is 69.7 Å². The number of hydrogen-bond donors (Lipinski definition) is 0. The molecule has 0 N–H and O–H groups in total. The summed E-state index contributed by atoms with van der Waals surface area (Å²) in [6, 6.07) is 23.8. The van der Waals surface area contributed by atoms with Crippen LogP contribution in [0.25, 0.3) is 10.8 Å². The number of fused-ring (bicyclic) bond motifs is 5. The van der Waals surface area contributed by atoms with E-state index >= 15 is 0 Å². The molecular formula is C35H34O4. The maximum atomic E-state index is 13.3. The van der Waals surface area contributed by atoms with Crippen LogP contribution < -0.4 is 4.74 Å². The van der Waals surface area contributed by atoms with Crippen LogP contribution in [0.5, 0.6) is 5.75 Å². The topological polar surface area (TPSA) is 52.6 Å². The van der Waals surface area contributed by atoms with E-state index in [2.05, 4.69) is 65.0 Å². The molecule has 4 aromatic carbocycles. The highest BCUT2D eigenvalue weighted by molar-refractivity contribution is 5.99. The molecule has 4 nitrogen and oxygen atoms in total. The third kappa shape index (κ3) is 3.96. The van der Waals surface area contributed by atoms with E-state index in [-0.39, 0.29) is 22.2 Å². The molecule has 1 spiro atoms. The first kappa shape index (κ1) is 25.4. The zero-order valence-corrected chi connectivity index (χ0v) is 23.5. The Morgan fingerprint density at radius 1 is 0.641 bits per heavy atom. The predicted molar refractivity (Wildman–Crippen MR) is 154 cm³/mol. The minimum Gasteiger partial charge on any atom is -0.465 e. The molecule has 2 aliphatic carbocycles. The Labute approximate surface area is 230 Å². The van der Waals surface area contributed by atoms with Crippen LogP contribution in [0.4, 0.5) is 0 Å². The van der Waals surface area contributed by atoms with Gasteiger partial charge in [-0.2, -0.15) is 0 Å².